The monoisotopic (exact) mass is 332 g/mol. The standard InChI is InChI=1S/C16H20N4O4/c1-4-9(2)13(16(23)24)17-14(21)10(3)20-15(22)11-7-5-6-8-12(11)18-19-20/h5-10,13H,4H2,1-3H3,(H,17,21)(H,23,24). The molecule has 0 radical (unpaired) electrons. The van der Waals surface area contributed by atoms with Crippen LogP contribution in [0.5, 0.6) is 0 Å². The highest BCUT2D eigenvalue weighted by Gasteiger charge is 2.28. The van der Waals surface area contributed by atoms with Crippen molar-refractivity contribution in [3.8, 4) is 0 Å². The van der Waals surface area contributed by atoms with E-state index in [2.05, 4.69) is 15.6 Å². The van der Waals surface area contributed by atoms with Gasteiger partial charge in [0.05, 0.1) is 5.39 Å². The van der Waals surface area contributed by atoms with Gasteiger partial charge in [-0.2, -0.15) is 4.68 Å². The number of hydrogen-bond donors (Lipinski definition) is 2. The fraction of sp³-hybridized carbons (Fsp3) is 0.438. The maximum atomic E-state index is 12.4. The predicted octanol–water partition coefficient (Wildman–Crippen LogP) is 0.968. The zero-order chi connectivity index (χ0) is 17.9. The number of aliphatic carboxylic acids is 1. The Morgan fingerprint density at radius 3 is 2.58 bits per heavy atom. The third kappa shape index (κ3) is 3.42. The van der Waals surface area contributed by atoms with Gasteiger partial charge in [0.15, 0.2) is 0 Å². The number of carboxylic acids is 1. The van der Waals surface area contributed by atoms with E-state index in [1.165, 1.54) is 6.92 Å². The van der Waals surface area contributed by atoms with Crippen LogP contribution in [-0.4, -0.2) is 38.0 Å². The van der Waals surface area contributed by atoms with Crippen LogP contribution in [0.2, 0.25) is 0 Å². The first-order valence-electron chi connectivity index (χ1n) is 7.74. The molecule has 8 heteroatoms. The SMILES string of the molecule is CCC(C)C(NC(=O)C(C)n1nnc2ccccc2c1=O)C(=O)O. The van der Waals surface area contributed by atoms with Gasteiger partial charge in [-0.05, 0) is 25.0 Å². The molecular formula is C16H20N4O4. The highest BCUT2D eigenvalue weighted by molar-refractivity contribution is 5.86. The summed E-state index contributed by atoms with van der Waals surface area (Å²) < 4.78 is 0.965. The smallest absolute Gasteiger partial charge is 0.326 e. The van der Waals surface area contributed by atoms with Gasteiger partial charge in [-0.15, -0.1) is 5.10 Å². The molecule has 0 fully saturated rings. The van der Waals surface area contributed by atoms with Crippen molar-refractivity contribution < 1.29 is 14.7 Å². The van der Waals surface area contributed by atoms with Crippen LogP contribution in [-0.2, 0) is 9.59 Å². The molecule has 3 atom stereocenters. The molecule has 0 saturated heterocycles. The quantitative estimate of drug-likeness (QED) is 0.814. The maximum Gasteiger partial charge on any atom is 0.326 e. The van der Waals surface area contributed by atoms with Crippen molar-refractivity contribution in [2.45, 2.75) is 39.3 Å². The van der Waals surface area contributed by atoms with E-state index < -0.39 is 29.5 Å². The third-order valence-electron chi connectivity index (χ3n) is 4.11. The van der Waals surface area contributed by atoms with Crippen LogP contribution < -0.4 is 10.9 Å². The highest BCUT2D eigenvalue weighted by atomic mass is 16.4. The Bertz CT molecular complexity index is 817. The summed E-state index contributed by atoms with van der Waals surface area (Å²) in [6.07, 6.45) is 0.599. The molecule has 0 aliphatic rings. The second-order valence-corrected chi connectivity index (χ2v) is 5.74. The van der Waals surface area contributed by atoms with Crippen LogP contribution >= 0.6 is 0 Å². The Labute approximate surface area is 138 Å². The molecule has 3 unspecified atom stereocenters. The lowest BCUT2D eigenvalue weighted by molar-refractivity contribution is -0.143. The summed E-state index contributed by atoms with van der Waals surface area (Å²) in [5, 5.41) is 19.8. The number of aromatic nitrogens is 3. The summed E-state index contributed by atoms with van der Waals surface area (Å²) in [7, 11) is 0. The third-order valence-corrected chi connectivity index (χ3v) is 4.11. The summed E-state index contributed by atoms with van der Waals surface area (Å²) in [6, 6.07) is 4.70. The van der Waals surface area contributed by atoms with Crippen molar-refractivity contribution in [3.05, 3.63) is 34.6 Å². The fourth-order valence-electron chi connectivity index (χ4n) is 2.32. The number of nitrogens with zero attached hydrogens (tertiary/aromatic N) is 3. The minimum Gasteiger partial charge on any atom is -0.480 e. The largest absolute Gasteiger partial charge is 0.480 e. The first-order chi connectivity index (χ1) is 11.4. The lowest BCUT2D eigenvalue weighted by Crippen LogP contribution is -2.48. The van der Waals surface area contributed by atoms with Crippen molar-refractivity contribution in [2.75, 3.05) is 0 Å². The lowest BCUT2D eigenvalue weighted by Gasteiger charge is -2.22. The first kappa shape index (κ1) is 17.6. The topological polar surface area (TPSA) is 114 Å². The van der Waals surface area contributed by atoms with Gasteiger partial charge in [0.25, 0.3) is 5.56 Å². The number of carboxylic acid groups (broad SMARTS) is 1. The summed E-state index contributed by atoms with van der Waals surface area (Å²) in [5.74, 6) is -1.94. The molecule has 2 N–H and O–H groups in total. The van der Waals surface area contributed by atoms with E-state index in [-0.39, 0.29) is 5.92 Å². The highest BCUT2D eigenvalue weighted by Crippen LogP contribution is 2.11. The molecular weight excluding hydrogens is 312 g/mol. The molecule has 0 aliphatic carbocycles. The predicted molar refractivity (Wildman–Crippen MR) is 87.5 cm³/mol. The second-order valence-electron chi connectivity index (χ2n) is 5.74. The molecule has 0 saturated carbocycles. The fourth-order valence-corrected chi connectivity index (χ4v) is 2.32. The van der Waals surface area contributed by atoms with Crippen LogP contribution in [0, 0.1) is 5.92 Å². The molecule has 1 aromatic heterocycles. The number of carbonyl (C=O) groups is 2. The Balaban J connectivity index is 2.29. The van der Waals surface area contributed by atoms with E-state index in [1.54, 1.807) is 31.2 Å². The Morgan fingerprint density at radius 1 is 1.29 bits per heavy atom. The molecule has 0 spiro atoms. The summed E-state index contributed by atoms with van der Waals surface area (Å²) in [4.78, 5) is 36.1. The summed E-state index contributed by atoms with van der Waals surface area (Å²) >= 11 is 0. The molecule has 2 rings (SSSR count). The number of carbonyl (C=O) groups excluding carboxylic acids is 1. The average Bonchev–Trinajstić information content (AvgIpc) is 2.58. The first-order valence-corrected chi connectivity index (χ1v) is 7.74. The number of rotatable bonds is 6. The Morgan fingerprint density at radius 2 is 1.96 bits per heavy atom. The zero-order valence-corrected chi connectivity index (χ0v) is 13.8. The van der Waals surface area contributed by atoms with Crippen LogP contribution in [0.4, 0.5) is 0 Å². The van der Waals surface area contributed by atoms with Gasteiger partial charge in [0.2, 0.25) is 5.91 Å². The van der Waals surface area contributed by atoms with Gasteiger partial charge in [0, 0.05) is 0 Å². The summed E-state index contributed by atoms with van der Waals surface area (Å²) in [5.41, 5.74) is -0.00644. The Kier molecular flexibility index (Phi) is 5.28. The molecule has 1 heterocycles. The Hall–Kier alpha value is -2.77. The molecule has 1 amide bonds. The van der Waals surface area contributed by atoms with Crippen LogP contribution in [0.25, 0.3) is 10.9 Å². The molecule has 8 nitrogen and oxygen atoms in total. The molecule has 2 aromatic rings. The average molecular weight is 332 g/mol. The lowest BCUT2D eigenvalue weighted by atomic mass is 9.99. The normalized spacial score (nSPS) is 14.8. The maximum absolute atomic E-state index is 12.4. The van der Waals surface area contributed by atoms with Gasteiger partial charge in [-0.25, -0.2) is 4.79 Å². The van der Waals surface area contributed by atoms with E-state index in [9.17, 15) is 19.5 Å². The van der Waals surface area contributed by atoms with E-state index in [4.69, 9.17) is 0 Å². The van der Waals surface area contributed by atoms with Crippen LogP contribution in [0.1, 0.15) is 33.2 Å². The van der Waals surface area contributed by atoms with Crippen LogP contribution in [0.3, 0.4) is 0 Å². The number of hydrogen-bond acceptors (Lipinski definition) is 5. The van der Waals surface area contributed by atoms with Crippen molar-refractivity contribution in [2.24, 2.45) is 5.92 Å². The number of nitrogens with one attached hydrogen (secondary N) is 1. The number of amides is 1. The van der Waals surface area contributed by atoms with Gasteiger partial charge < -0.3 is 10.4 Å². The van der Waals surface area contributed by atoms with E-state index in [0.29, 0.717) is 17.3 Å². The summed E-state index contributed by atoms with van der Waals surface area (Å²) in [6.45, 7) is 5.07. The van der Waals surface area contributed by atoms with Crippen LogP contribution in [0.15, 0.2) is 29.1 Å². The zero-order valence-electron chi connectivity index (χ0n) is 13.8. The van der Waals surface area contributed by atoms with Crippen molar-refractivity contribution in [3.63, 3.8) is 0 Å². The molecule has 0 bridgehead atoms. The molecule has 0 aliphatic heterocycles. The van der Waals surface area contributed by atoms with Gasteiger partial charge in [0.1, 0.15) is 17.6 Å². The van der Waals surface area contributed by atoms with E-state index >= 15 is 0 Å². The van der Waals surface area contributed by atoms with Gasteiger partial charge in [-0.1, -0.05) is 37.6 Å². The second kappa shape index (κ2) is 7.20. The van der Waals surface area contributed by atoms with Gasteiger partial charge in [-0.3, -0.25) is 9.59 Å². The van der Waals surface area contributed by atoms with Crippen molar-refractivity contribution in [1.82, 2.24) is 20.3 Å². The number of fused-ring (bicyclic) bond motifs is 1. The van der Waals surface area contributed by atoms with E-state index in [0.717, 1.165) is 4.68 Å². The van der Waals surface area contributed by atoms with Crippen molar-refractivity contribution >= 4 is 22.8 Å². The minimum atomic E-state index is -1.11. The van der Waals surface area contributed by atoms with E-state index in [1.807, 2.05) is 6.92 Å². The molecule has 128 valence electrons. The van der Waals surface area contributed by atoms with Gasteiger partial charge >= 0.3 is 5.97 Å². The van der Waals surface area contributed by atoms with Crippen molar-refractivity contribution in [1.29, 1.82) is 0 Å². The molecule has 1 aromatic carbocycles. The minimum absolute atomic E-state index is 0.238. The number of benzene rings is 1. The molecule has 24 heavy (non-hydrogen) atoms.